The van der Waals surface area contributed by atoms with E-state index in [9.17, 15) is 19.5 Å². The third-order valence-electron chi connectivity index (χ3n) is 11.9. The van der Waals surface area contributed by atoms with Crippen LogP contribution < -0.4 is 4.74 Å². The van der Waals surface area contributed by atoms with Gasteiger partial charge in [0, 0.05) is 76.1 Å². The molecule has 314 valence electrons. The second-order valence-corrected chi connectivity index (χ2v) is 17.3. The highest BCUT2D eigenvalue weighted by Crippen LogP contribution is 2.40. The molecule has 0 bridgehead atoms. The number of ether oxygens (including phenoxy) is 3. The first-order chi connectivity index (χ1) is 28.4. The fraction of sp³-hybridized carbons (Fsp3) is 0.489. The van der Waals surface area contributed by atoms with Crippen LogP contribution in [-0.2, 0) is 36.9 Å². The summed E-state index contributed by atoms with van der Waals surface area (Å²) in [5.41, 5.74) is 4.62. The summed E-state index contributed by atoms with van der Waals surface area (Å²) in [5.74, 6) is -1.32. The highest BCUT2D eigenvalue weighted by Gasteiger charge is 2.43. The summed E-state index contributed by atoms with van der Waals surface area (Å²) >= 11 is 0. The van der Waals surface area contributed by atoms with Gasteiger partial charge in [0.25, 0.3) is 5.91 Å². The minimum absolute atomic E-state index is 0.0645. The Morgan fingerprint density at radius 2 is 1.58 bits per heavy atom. The quantitative estimate of drug-likeness (QED) is 0.129. The number of carboxylic acid groups (broad SMARTS) is 1. The van der Waals surface area contributed by atoms with Gasteiger partial charge < -0.3 is 38.6 Å². The molecular weight excluding hydrogens is 749 g/mol. The molecule has 3 aliphatic rings. The lowest BCUT2D eigenvalue weighted by atomic mass is 9.79. The van der Waals surface area contributed by atoms with Gasteiger partial charge in [-0.3, -0.25) is 14.4 Å². The largest absolute Gasteiger partial charge is 0.484 e. The van der Waals surface area contributed by atoms with Crippen molar-refractivity contribution >= 4 is 34.8 Å². The molecule has 4 aromatic rings. The van der Waals surface area contributed by atoms with Crippen molar-refractivity contribution in [2.45, 2.75) is 89.9 Å². The summed E-state index contributed by atoms with van der Waals surface area (Å²) in [6, 6.07) is 24.5. The summed E-state index contributed by atoms with van der Waals surface area (Å²) in [5, 5.41) is 10.4. The molecular formula is C47H58N4O8. The Morgan fingerprint density at radius 3 is 2.27 bits per heavy atom. The van der Waals surface area contributed by atoms with E-state index in [1.54, 1.807) is 16.9 Å². The topological polar surface area (TPSA) is 131 Å². The van der Waals surface area contributed by atoms with Gasteiger partial charge in [-0.25, -0.2) is 4.79 Å². The van der Waals surface area contributed by atoms with E-state index in [4.69, 9.17) is 14.2 Å². The molecule has 3 fully saturated rings. The SMILES string of the molecule is COCCCn1cc(CN(C(=O)[C@H]2CN(C(=O)OC(C)(C)C)CC[C@@H]2c2cccc(-c3ccc(OCC(=O)N4CCC(C(=O)O)CC4)cc3)c2)C2CC2)c2ccccc21. The summed E-state index contributed by atoms with van der Waals surface area (Å²) in [6.07, 6.45) is 6.12. The number of fused-ring (bicyclic) bond motifs is 1. The van der Waals surface area contributed by atoms with Gasteiger partial charge in [0.15, 0.2) is 6.61 Å². The van der Waals surface area contributed by atoms with Gasteiger partial charge in [0.05, 0.1) is 11.8 Å². The first-order valence-corrected chi connectivity index (χ1v) is 21.1. The number of aliphatic carboxylic acids is 1. The molecule has 1 N–H and O–H groups in total. The Morgan fingerprint density at radius 1 is 0.847 bits per heavy atom. The van der Waals surface area contributed by atoms with E-state index in [2.05, 4.69) is 58.1 Å². The van der Waals surface area contributed by atoms with E-state index < -0.39 is 29.5 Å². The fourth-order valence-electron chi connectivity index (χ4n) is 8.58. The Hall–Kier alpha value is -5.36. The molecule has 1 aromatic heterocycles. The zero-order chi connectivity index (χ0) is 41.7. The highest BCUT2D eigenvalue weighted by atomic mass is 16.6. The van der Waals surface area contributed by atoms with Gasteiger partial charge in [-0.05, 0) is 106 Å². The van der Waals surface area contributed by atoms with Crippen LogP contribution in [0.2, 0.25) is 0 Å². The lowest BCUT2D eigenvalue weighted by Gasteiger charge is -2.40. The van der Waals surface area contributed by atoms with E-state index in [0.717, 1.165) is 59.0 Å². The van der Waals surface area contributed by atoms with Crippen molar-refractivity contribution in [2.75, 3.05) is 46.5 Å². The monoisotopic (exact) mass is 806 g/mol. The number of carbonyl (C=O) groups excluding carboxylic acids is 3. The smallest absolute Gasteiger partial charge is 0.410 e. The van der Waals surface area contributed by atoms with Gasteiger partial charge in [0.2, 0.25) is 5.91 Å². The molecule has 2 aliphatic heterocycles. The number of methoxy groups -OCH3 is 1. The molecule has 0 radical (unpaired) electrons. The van der Waals surface area contributed by atoms with E-state index in [-0.39, 0.29) is 36.9 Å². The number of carboxylic acids is 1. The summed E-state index contributed by atoms with van der Waals surface area (Å²) in [6.45, 7) is 9.05. The van der Waals surface area contributed by atoms with Crippen LogP contribution in [0.5, 0.6) is 5.75 Å². The molecule has 12 nitrogen and oxygen atoms in total. The molecule has 2 saturated heterocycles. The second kappa shape index (κ2) is 18.3. The number of benzene rings is 3. The Labute approximate surface area is 347 Å². The zero-order valence-electron chi connectivity index (χ0n) is 34.8. The van der Waals surface area contributed by atoms with Crippen LogP contribution in [0.15, 0.2) is 79.0 Å². The molecule has 12 heteroatoms. The number of aryl methyl sites for hydroxylation is 1. The number of nitrogens with zero attached hydrogens (tertiary/aromatic N) is 4. The van der Waals surface area contributed by atoms with Crippen molar-refractivity contribution in [1.29, 1.82) is 0 Å². The minimum atomic E-state index is -0.808. The molecule has 7 rings (SSSR count). The summed E-state index contributed by atoms with van der Waals surface area (Å²) in [7, 11) is 1.72. The van der Waals surface area contributed by atoms with Gasteiger partial charge in [0.1, 0.15) is 11.4 Å². The maximum absolute atomic E-state index is 15.1. The number of aromatic nitrogens is 1. The molecule has 1 aliphatic carbocycles. The molecule has 1 saturated carbocycles. The van der Waals surface area contributed by atoms with Crippen LogP contribution in [0.4, 0.5) is 4.79 Å². The lowest BCUT2D eigenvalue weighted by Crippen LogP contribution is -2.51. The molecule has 3 heterocycles. The number of rotatable bonds is 14. The molecule has 2 atom stereocenters. The van der Waals surface area contributed by atoms with E-state index >= 15 is 4.79 Å². The van der Waals surface area contributed by atoms with Crippen LogP contribution in [0.3, 0.4) is 0 Å². The summed E-state index contributed by atoms with van der Waals surface area (Å²) < 4.78 is 19.3. The van der Waals surface area contributed by atoms with E-state index in [0.29, 0.717) is 57.8 Å². The predicted molar refractivity (Wildman–Crippen MR) is 225 cm³/mol. The second-order valence-electron chi connectivity index (χ2n) is 17.3. The number of hydrogen-bond donors (Lipinski definition) is 1. The third kappa shape index (κ3) is 10.3. The van der Waals surface area contributed by atoms with Crippen molar-refractivity contribution in [1.82, 2.24) is 19.3 Å². The molecule has 3 aromatic carbocycles. The van der Waals surface area contributed by atoms with Crippen molar-refractivity contribution in [2.24, 2.45) is 11.8 Å². The number of amides is 3. The average Bonchev–Trinajstić information content (AvgIpc) is 4.03. The Balaban J connectivity index is 1.09. The molecule has 0 spiro atoms. The molecule has 0 unspecified atom stereocenters. The number of hydrogen-bond acceptors (Lipinski definition) is 7. The Kier molecular flexibility index (Phi) is 12.9. The van der Waals surface area contributed by atoms with E-state index in [1.807, 2.05) is 51.1 Å². The van der Waals surface area contributed by atoms with Gasteiger partial charge >= 0.3 is 12.1 Å². The standard InChI is InChI=1S/C47H58N4O8/c1-47(2,3)59-46(56)50-25-21-39(41(30-50)44(53)51(37-15-16-37)29-36-28-49(22-8-26-57-4)42-12-6-5-11-40(36)42)35-10-7-9-34(27-35)32-13-17-38(18-14-32)58-31-43(52)48-23-19-33(20-24-48)45(54)55/h5-7,9-14,17-18,27-28,33,37,39,41H,8,15-16,19-26,29-31H2,1-4H3,(H,54,55)/t39-,41+/m1/s1. The Bertz CT molecular complexity index is 2110. The van der Waals surface area contributed by atoms with Gasteiger partial charge in [-0.1, -0.05) is 54.6 Å². The minimum Gasteiger partial charge on any atom is -0.484 e. The van der Waals surface area contributed by atoms with Crippen molar-refractivity contribution in [3.63, 3.8) is 0 Å². The first kappa shape index (κ1) is 41.8. The van der Waals surface area contributed by atoms with Crippen LogP contribution in [0.25, 0.3) is 22.0 Å². The average molecular weight is 807 g/mol. The molecule has 3 amide bonds. The van der Waals surface area contributed by atoms with Crippen molar-refractivity contribution < 1.29 is 38.5 Å². The van der Waals surface area contributed by atoms with E-state index in [1.165, 1.54) is 0 Å². The zero-order valence-corrected chi connectivity index (χ0v) is 34.8. The van der Waals surface area contributed by atoms with Crippen LogP contribution in [0, 0.1) is 11.8 Å². The van der Waals surface area contributed by atoms with Crippen LogP contribution in [0.1, 0.15) is 76.3 Å². The van der Waals surface area contributed by atoms with Gasteiger partial charge in [-0.15, -0.1) is 0 Å². The fourth-order valence-corrected chi connectivity index (χ4v) is 8.58. The maximum atomic E-state index is 15.1. The number of para-hydroxylation sites is 1. The number of likely N-dealkylation sites (tertiary alicyclic amines) is 2. The first-order valence-electron chi connectivity index (χ1n) is 21.1. The number of carbonyl (C=O) groups is 4. The summed E-state index contributed by atoms with van der Waals surface area (Å²) in [4.78, 5) is 58.1. The van der Waals surface area contributed by atoms with Crippen LogP contribution in [-0.4, -0.2) is 106 Å². The van der Waals surface area contributed by atoms with Crippen LogP contribution >= 0.6 is 0 Å². The predicted octanol–water partition coefficient (Wildman–Crippen LogP) is 7.58. The van der Waals surface area contributed by atoms with Crippen molar-refractivity contribution in [3.8, 4) is 16.9 Å². The lowest BCUT2D eigenvalue weighted by molar-refractivity contribution is -0.146. The maximum Gasteiger partial charge on any atom is 0.410 e. The normalized spacial score (nSPS) is 18.8. The van der Waals surface area contributed by atoms with Crippen molar-refractivity contribution in [3.05, 3.63) is 90.1 Å². The number of piperidine rings is 2. The highest BCUT2D eigenvalue weighted by molar-refractivity contribution is 5.86. The third-order valence-corrected chi connectivity index (χ3v) is 11.9. The molecule has 59 heavy (non-hydrogen) atoms. The van der Waals surface area contributed by atoms with Gasteiger partial charge in [-0.2, -0.15) is 0 Å².